The first-order chi connectivity index (χ1) is 17.9. The molecule has 2 atom stereocenters. The fourth-order valence-electron chi connectivity index (χ4n) is 6.14. The van der Waals surface area contributed by atoms with Crippen LogP contribution in [0.2, 0.25) is 5.02 Å². The molecular formula is C28H36ClFN4O2S. The van der Waals surface area contributed by atoms with Crippen molar-refractivity contribution < 1.29 is 14.0 Å². The molecule has 3 aliphatic rings. The smallest absolute Gasteiger partial charge is 0.231 e. The highest BCUT2D eigenvalue weighted by Crippen LogP contribution is 2.38. The van der Waals surface area contributed by atoms with Gasteiger partial charge in [-0.15, -0.1) is 11.3 Å². The van der Waals surface area contributed by atoms with E-state index in [-0.39, 0.29) is 29.6 Å². The van der Waals surface area contributed by atoms with E-state index in [0.29, 0.717) is 41.1 Å². The Hall–Kier alpha value is -2.03. The number of benzene rings is 1. The first-order valence-electron chi connectivity index (χ1n) is 13.6. The number of halogens is 2. The molecule has 0 bridgehead atoms. The minimum atomic E-state index is -0.291. The van der Waals surface area contributed by atoms with Crippen molar-refractivity contribution in [2.24, 2.45) is 5.92 Å². The van der Waals surface area contributed by atoms with Gasteiger partial charge < -0.3 is 10.2 Å². The quantitative estimate of drug-likeness (QED) is 0.463. The van der Waals surface area contributed by atoms with Gasteiger partial charge in [0, 0.05) is 54.6 Å². The number of rotatable bonds is 7. The summed E-state index contributed by atoms with van der Waals surface area (Å²) >= 11 is 7.75. The van der Waals surface area contributed by atoms with Crippen LogP contribution in [0.25, 0.3) is 0 Å². The van der Waals surface area contributed by atoms with Crippen molar-refractivity contribution >= 4 is 39.9 Å². The van der Waals surface area contributed by atoms with Gasteiger partial charge in [0.05, 0.1) is 11.6 Å². The predicted octanol–water partition coefficient (Wildman–Crippen LogP) is 6.00. The normalized spacial score (nSPS) is 22.6. The lowest BCUT2D eigenvalue weighted by atomic mass is 9.87. The van der Waals surface area contributed by atoms with Crippen LogP contribution in [0.1, 0.15) is 79.8 Å². The Morgan fingerprint density at radius 2 is 2.00 bits per heavy atom. The summed E-state index contributed by atoms with van der Waals surface area (Å²) in [6.07, 6.45) is 10.0. The number of hydrogen-bond acceptors (Lipinski definition) is 5. The second-order valence-corrected chi connectivity index (χ2v) is 12.3. The zero-order valence-electron chi connectivity index (χ0n) is 21.5. The fraction of sp³-hybridized carbons (Fsp3) is 0.607. The average molecular weight is 547 g/mol. The lowest BCUT2D eigenvalue weighted by Gasteiger charge is -2.30. The second kappa shape index (κ2) is 11.8. The molecule has 2 heterocycles. The van der Waals surface area contributed by atoms with Gasteiger partial charge in [0.15, 0.2) is 5.13 Å². The Morgan fingerprint density at radius 3 is 2.78 bits per heavy atom. The van der Waals surface area contributed by atoms with Crippen LogP contribution in [0.3, 0.4) is 0 Å². The third-order valence-corrected chi connectivity index (χ3v) is 9.68. The fourth-order valence-corrected chi connectivity index (χ4v) is 7.44. The van der Waals surface area contributed by atoms with Gasteiger partial charge in [-0.1, -0.05) is 36.9 Å². The highest BCUT2D eigenvalue weighted by atomic mass is 35.5. The van der Waals surface area contributed by atoms with Gasteiger partial charge >= 0.3 is 0 Å². The second-order valence-electron chi connectivity index (χ2n) is 10.9. The molecule has 1 saturated heterocycles. The van der Waals surface area contributed by atoms with Crippen LogP contribution in [0.5, 0.6) is 0 Å². The van der Waals surface area contributed by atoms with Crippen molar-refractivity contribution in [2.45, 2.75) is 82.7 Å². The molecular weight excluding hydrogens is 511 g/mol. The lowest BCUT2D eigenvalue weighted by Crippen LogP contribution is -2.42. The number of carbonyl (C=O) groups is 2. The molecule has 2 aromatic rings. The molecule has 1 aromatic carbocycles. The maximum Gasteiger partial charge on any atom is 0.231 e. The van der Waals surface area contributed by atoms with E-state index in [1.807, 2.05) is 11.9 Å². The van der Waals surface area contributed by atoms with Gasteiger partial charge in [0.1, 0.15) is 5.82 Å². The summed E-state index contributed by atoms with van der Waals surface area (Å²) in [5.41, 5.74) is 1.35. The van der Waals surface area contributed by atoms with E-state index in [9.17, 15) is 14.0 Å². The van der Waals surface area contributed by atoms with E-state index in [1.54, 1.807) is 12.1 Å². The van der Waals surface area contributed by atoms with Crippen LogP contribution >= 0.6 is 22.9 Å². The Morgan fingerprint density at radius 1 is 1.19 bits per heavy atom. The molecule has 0 spiro atoms. The van der Waals surface area contributed by atoms with Gasteiger partial charge in [0.2, 0.25) is 11.8 Å². The van der Waals surface area contributed by atoms with E-state index in [0.717, 1.165) is 55.6 Å². The zero-order chi connectivity index (χ0) is 25.9. The van der Waals surface area contributed by atoms with Crippen molar-refractivity contribution in [3.63, 3.8) is 0 Å². The maximum atomic E-state index is 14.3. The van der Waals surface area contributed by atoms with Crippen molar-refractivity contribution in [1.29, 1.82) is 0 Å². The number of nitrogens with one attached hydrogen (secondary N) is 1. The summed E-state index contributed by atoms with van der Waals surface area (Å²) in [5.74, 6) is 0.0390. The number of aryl methyl sites for hydroxylation is 1. The minimum absolute atomic E-state index is 0.0407. The highest BCUT2D eigenvalue weighted by molar-refractivity contribution is 7.15. The molecule has 2 fully saturated rings. The molecule has 37 heavy (non-hydrogen) atoms. The molecule has 2 unspecified atom stereocenters. The van der Waals surface area contributed by atoms with E-state index >= 15 is 0 Å². The molecule has 1 saturated carbocycles. The Bertz CT molecular complexity index is 1120. The van der Waals surface area contributed by atoms with E-state index in [1.165, 1.54) is 36.7 Å². The zero-order valence-corrected chi connectivity index (χ0v) is 23.1. The van der Waals surface area contributed by atoms with Crippen molar-refractivity contribution in [3.05, 3.63) is 45.2 Å². The SMILES string of the molecule is CN(C(=O)C1CCCc2sc(NC(=O)CC3CCCCC3)nc21)C1CCN(Cc2c(F)cccc2Cl)C1. The van der Waals surface area contributed by atoms with Crippen LogP contribution in [-0.2, 0) is 22.6 Å². The van der Waals surface area contributed by atoms with Gasteiger partial charge in [-0.2, -0.15) is 0 Å². The van der Waals surface area contributed by atoms with Crippen LogP contribution in [0, 0.1) is 11.7 Å². The molecule has 2 amide bonds. The molecule has 200 valence electrons. The van der Waals surface area contributed by atoms with Crippen molar-refractivity contribution in [3.8, 4) is 0 Å². The molecule has 2 aliphatic carbocycles. The van der Waals surface area contributed by atoms with Gasteiger partial charge in [-0.3, -0.25) is 14.5 Å². The first-order valence-corrected chi connectivity index (χ1v) is 14.8. The number of nitrogens with zero attached hydrogens (tertiary/aromatic N) is 3. The molecule has 1 N–H and O–H groups in total. The van der Waals surface area contributed by atoms with Crippen molar-refractivity contribution in [1.82, 2.24) is 14.8 Å². The molecule has 1 aliphatic heterocycles. The maximum absolute atomic E-state index is 14.3. The summed E-state index contributed by atoms with van der Waals surface area (Å²) < 4.78 is 14.3. The predicted molar refractivity (Wildman–Crippen MR) is 145 cm³/mol. The Labute approximate surface area is 227 Å². The topological polar surface area (TPSA) is 65.5 Å². The summed E-state index contributed by atoms with van der Waals surface area (Å²) in [6.45, 7) is 1.91. The monoisotopic (exact) mass is 546 g/mol. The van der Waals surface area contributed by atoms with E-state index in [4.69, 9.17) is 16.6 Å². The van der Waals surface area contributed by atoms with E-state index < -0.39 is 0 Å². The average Bonchev–Trinajstić information content (AvgIpc) is 3.52. The number of likely N-dealkylation sites (N-methyl/N-ethyl adjacent to an activating group) is 1. The van der Waals surface area contributed by atoms with Gasteiger partial charge in [-0.25, -0.2) is 9.37 Å². The largest absolute Gasteiger partial charge is 0.341 e. The molecule has 1 aromatic heterocycles. The van der Waals surface area contributed by atoms with Gasteiger partial charge in [0.25, 0.3) is 0 Å². The summed E-state index contributed by atoms with van der Waals surface area (Å²) in [5, 5.41) is 4.09. The van der Waals surface area contributed by atoms with Crippen LogP contribution in [0.15, 0.2) is 18.2 Å². The van der Waals surface area contributed by atoms with Crippen LogP contribution in [0.4, 0.5) is 9.52 Å². The summed E-state index contributed by atoms with van der Waals surface area (Å²) in [7, 11) is 1.88. The highest BCUT2D eigenvalue weighted by Gasteiger charge is 2.36. The number of anilines is 1. The van der Waals surface area contributed by atoms with Crippen LogP contribution in [-0.4, -0.2) is 52.8 Å². The van der Waals surface area contributed by atoms with Gasteiger partial charge in [-0.05, 0) is 56.6 Å². The number of hydrogen-bond donors (Lipinski definition) is 1. The number of thiazole rings is 1. The third kappa shape index (κ3) is 6.18. The Kier molecular flexibility index (Phi) is 8.47. The number of aromatic nitrogens is 1. The summed E-state index contributed by atoms with van der Waals surface area (Å²) in [4.78, 5) is 36.2. The summed E-state index contributed by atoms with van der Waals surface area (Å²) in [6, 6.07) is 4.83. The number of amides is 2. The molecule has 6 nitrogen and oxygen atoms in total. The minimum Gasteiger partial charge on any atom is -0.341 e. The lowest BCUT2D eigenvalue weighted by molar-refractivity contribution is -0.133. The first kappa shape index (κ1) is 26.6. The standard InChI is InChI=1S/C28H36ClFN4O2S/c1-33(19-13-14-34(16-19)17-21-22(29)10-6-11-23(21)30)27(36)20-9-5-12-24-26(20)32-28(37-24)31-25(35)15-18-7-3-2-4-8-18/h6,10-11,18-20H,2-5,7-9,12-17H2,1H3,(H,31,32,35). The van der Waals surface area contributed by atoms with Crippen molar-refractivity contribution in [2.75, 3.05) is 25.5 Å². The third-order valence-electron chi connectivity index (χ3n) is 8.28. The number of carbonyl (C=O) groups excluding carboxylic acids is 2. The Balaban J connectivity index is 1.20. The van der Waals surface area contributed by atoms with E-state index in [2.05, 4.69) is 10.2 Å². The number of likely N-dealkylation sites (tertiary alicyclic amines) is 1. The molecule has 0 radical (unpaired) electrons. The molecule has 5 rings (SSSR count). The van der Waals surface area contributed by atoms with Crippen LogP contribution < -0.4 is 5.32 Å². The number of fused-ring (bicyclic) bond motifs is 1. The molecule has 9 heteroatoms.